The molecule has 3 fully saturated rings. The Balaban J connectivity index is 1.48. The second kappa shape index (κ2) is 6.32. The molecular weight excluding hydrogens is 276 g/mol. The maximum Gasteiger partial charge on any atom is 0.242 e. The molecule has 6 nitrogen and oxygen atoms in total. The number of nitrogens with one attached hydrogen (secondary N) is 1. The van der Waals surface area contributed by atoms with Crippen molar-refractivity contribution < 1.29 is 9.59 Å². The summed E-state index contributed by atoms with van der Waals surface area (Å²) < 4.78 is 0. The van der Waals surface area contributed by atoms with Crippen LogP contribution in [0.5, 0.6) is 0 Å². The highest BCUT2D eigenvalue weighted by Gasteiger charge is 2.32. The van der Waals surface area contributed by atoms with E-state index in [4.69, 9.17) is 0 Å². The molecule has 20 heavy (non-hydrogen) atoms. The van der Waals surface area contributed by atoms with Crippen molar-refractivity contribution in [3.63, 3.8) is 0 Å². The highest BCUT2D eigenvalue weighted by molar-refractivity contribution is 8.00. The van der Waals surface area contributed by atoms with Crippen LogP contribution >= 0.6 is 11.8 Å². The van der Waals surface area contributed by atoms with Crippen LogP contribution in [0.15, 0.2) is 0 Å². The molecule has 112 valence electrons. The molecule has 2 amide bonds. The monoisotopic (exact) mass is 298 g/mol. The zero-order valence-electron chi connectivity index (χ0n) is 11.7. The van der Waals surface area contributed by atoms with E-state index in [1.807, 2.05) is 4.90 Å². The zero-order chi connectivity index (χ0) is 13.9. The first kappa shape index (κ1) is 14.2. The second-order valence-electron chi connectivity index (χ2n) is 5.64. The van der Waals surface area contributed by atoms with E-state index in [-0.39, 0.29) is 18.4 Å². The quantitative estimate of drug-likeness (QED) is 0.726. The lowest BCUT2D eigenvalue weighted by atomic mass is 10.2. The molecule has 0 aromatic heterocycles. The van der Waals surface area contributed by atoms with Crippen molar-refractivity contribution in [3.8, 4) is 0 Å². The molecule has 0 spiro atoms. The molecule has 3 aliphatic heterocycles. The van der Waals surface area contributed by atoms with Gasteiger partial charge in [0.25, 0.3) is 0 Å². The summed E-state index contributed by atoms with van der Waals surface area (Å²) in [7, 11) is 0. The highest BCUT2D eigenvalue weighted by atomic mass is 32.2. The molecule has 3 rings (SSSR count). The van der Waals surface area contributed by atoms with Crippen LogP contribution in [0.25, 0.3) is 0 Å². The lowest BCUT2D eigenvalue weighted by Gasteiger charge is -2.32. The van der Waals surface area contributed by atoms with Crippen molar-refractivity contribution in [1.82, 2.24) is 20.0 Å². The van der Waals surface area contributed by atoms with Crippen molar-refractivity contribution in [2.24, 2.45) is 0 Å². The van der Waals surface area contributed by atoms with Crippen LogP contribution in [0.4, 0.5) is 0 Å². The topological polar surface area (TPSA) is 55.9 Å². The maximum absolute atomic E-state index is 12.3. The summed E-state index contributed by atoms with van der Waals surface area (Å²) in [5, 5.41) is 3.36. The average molecular weight is 298 g/mol. The Morgan fingerprint density at radius 1 is 1.30 bits per heavy atom. The molecule has 1 atom stereocenters. The number of carbonyl (C=O) groups excluding carboxylic acids is 2. The van der Waals surface area contributed by atoms with Crippen molar-refractivity contribution in [3.05, 3.63) is 0 Å². The molecule has 0 radical (unpaired) electrons. The summed E-state index contributed by atoms with van der Waals surface area (Å²) in [5.41, 5.74) is 0. The Morgan fingerprint density at radius 2 is 2.10 bits per heavy atom. The maximum atomic E-state index is 12.3. The highest BCUT2D eigenvalue weighted by Crippen LogP contribution is 2.18. The van der Waals surface area contributed by atoms with E-state index in [1.165, 1.54) is 0 Å². The third-order valence-corrected chi connectivity index (χ3v) is 5.28. The van der Waals surface area contributed by atoms with Gasteiger partial charge in [0, 0.05) is 45.3 Å². The Hall–Kier alpha value is -0.790. The molecule has 0 aliphatic carbocycles. The van der Waals surface area contributed by atoms with Crippen molar-refractivity contribution in [1.29, 1.82) is 0 Å². The number of hydrogen-bond acceptors (Lipinski definition) is 5. The third kappa shape index (κ3) is 3.10. The molecule has 0 saturated carbocycles. The minimum absolute atomic E-state index is 0.0983. The van der Waals surface area contributed by atoms with E-state index in [0.29, 0.717) is 17.7 Å². The lowest BCUT2D eigenvalue weighted by molar-refractivity contribution is -0.137. The van der Waals surface area contributed by atoms with Gasteiger partial charge in [0.1, 0.15) is 6.54 Å². The molecular formula is C13H22N4O2S. The van der Waals surface area contributed by atoms with Gasteiger partial charge in [-0.2, -0.15) is 0 Å². The van der Waals surface area contributed by atoms with Crippen molar-refractivity contribution in [2.75, 3.05) is 57.4 Å². The van der Waals surface area contributed by atoms with Crippen LogP contribution < -0.4 is 5.32 Å². The lowest BCUT2D eigenvalue weighted by Crippen LogP contribution is -2.49. The number of carbonyl (C=O) groups is 2. The minimum atomic E-state index is 0.0983. The van der Waals surface area contributed by atoms with E-state index in [0.717, 1.165) is 45.7 Å². The van der Waals surface area contributed by atoms with Crippen LogP contribution in [0.3, 0.4) is 0 Å². The molecule has 3 saturated heterocycles. The van der Waals surface area contributed by atoms with Gasteiger partial charge >= 0.3 is 0 Å². The molecule has 3 heterocycles. The number of thioether (sulfide) groups is 1. The molecule has 7 heteroatoms. The third-order valence-electron chi connectivity index (χ3n) is 4.34. The largest absolute Gasteiger partial charge is 0.340 e. The van der Waals surface area contributed by atoms with E-state index < -0.39 is 0 Å². The number of nitrogens with zero attached hydrogens (tertiary/aromatic N) is 3. The van der Waals surface area contributed by atoms with Crippen LogP contribution in [0, 0.1) is 0 Å². The molecule has 1 N–H and O–H groups in total. The van der Waals surface area contributed by atoms with Crippen LogP contribution in [-0.4, -0.2) is 90.0 Å². The summed E-state index contributed by atoms with van der Waals surface area (Å²) in [6.45, 7) is 6.17. The first-order chi connectivity index (χ1) is 9.74. The number of hydrogen-bond donors (Lipinski definition) is 1. The fourth-order valence-electron chi connectivity index (χ4n) is 3.12. The standard InChI is InChI=1S/C13H22N4O2S/c18-12(8-17-10-20-9-13(17)19)16-4-1-11(7-16)15-5-2-14-3-6-15/h11,14H,1-10H2. The summed E-state index contributed by atoms with van der Waals surface area (Å²) in [6.07, 6.45) is 1.06. The van der Waals surface area contributed by atoms with Gasteiger partial charge in [-0.3, -0.25) is 14.5 Å². The summed E-state index contributed by atoms with van der Waals surface area (Å²) in [4.78, 5) is 29.9. The smallest absolute Gasteiger partial charge is 0.242 e. The van der Waals surface area contributed by atoms with E-state index >= 15 is 0 Å². The fraction of sp³-hybridized carbons (Fsp3) is 0.846. The van der Waals surface area contributed by atoms with Crippen LogP contribution in [0.2, 0.25) is 0 Å². The van der Waals surface area contributed by atoms with Crippen molar-refractivity contribution in [2.45, 2.75) is 12.5 Å². The van der Waals surface area contributed by atoms with Gasteiger partial charge in [0.05, 0.1) is 11.6 Å². The number of rotatable bonds is 3. The average Bonchev–Trinajstić information content (AvgIpc) is 3.10. The number of piperazine rings is 1. The first-order valence-corrected chi connectivity index (χ1v) is 8.47. The zero-order valence-corrected chi connectivity index (χ0v) is 12.5. The Morgan fingerprint density at radius 3 is 2.80 bits per heavy atom. The Bertz CT molecular complexity index is 387. The second-order valence-corrected chi connectivity index (χ2v) is 6.59. The predicted molar refractivity (Wildman–Crippen MR) is 78.5 cm³/mol. The molecule has 0 bridgehead atoms. The summed E-state index contributed by atoms with van der Waals surface area (Å²) >= 11 is 1.59. The van der Waals surface area contributed by atoms with Gasteiger partial charge in [-0.1, -0.05) is 0 Å². The fourth-order valence-corrected chi connectivity index (χ4v) is 4.02. The summed E-state index contributed by atoms with van der Waals surface area (Å²) in [5.74, 6) is 1.40. The van der Waals surface area contributed by atoms with E-state index in [9.17, 15) is 9.59 Å². The van der Waals surface area contributed by atoms with E-state index in [2.05, 4.69) is 10.2 Å². The normalized spacial score (nSPS) is 28.4. The molecule has 0 aromatic rings. The first-order valence-electron chi connectivity index (χ1n) is 7.32. The number of likely N-dealkylation sites (tertiary alicyclic amines) is 1. The van der Waals surface area contributed by atoms with Gasteiger partial charge in [-0.15, -0.1) is 11.8 Å². The van der Waals surface area contributed by atoms with E-state index in [1.54, 1.807) is 16.7 Å². The van der Waals surface area contributed by atoms with Gasteiger partial charge in [-0.05, 0) is 6.42 Å². The van der Waals surface area contributed by atoms with Gasteiger partial charge in [-0.25, -0.2) is 0 Å². The van der Waals surface area contributed by atoms with Crippen LogP contribution in [-0.2, 0) is 9.59 Å². The molecule has 3 aliphatic rings. The number of amides is 2. The Labute approximate surface area is 123 Å². The van der Waals surface area contributed by atoms with Gasteiger partial charge in [0.15, 0.2) is 0 Å². The minimum Gasteiger partial charge on any atom is -0.340 e. The summed E-state index contributed by atoms with van der Waals surface area (Å²) in [6, 6.07) is 0.504. The predicted octanol–water partition coefficient (Wildman–Crippen LogP) is -0.975. The molecule has 1 unspecified atom stereocenters. The SMILES string of the molecule is O=C1CSCN1CC(=O)N1CCC(N2CCNCC2)C1. The molecule has 0 aromatic carbocycles. The Kier molecular flexibility index (Phi) is 4.48. The van der Waals surface area contributed by atoms with Gasteiger partial charge in [0.2, 0.25) is 11.8 Å². The van der Waals surface area contributed by atoms with Gasteiger partial charge < -0.3 is 15.1 Å². The van der Waals surface area contributed by atoms with Crippen LogP contribution in [0.1, 0.15) is 6.42 Å². The van der Waals surface area contributed by atoms with Crippen molar-refractivity contribution >= 4 is 23.6 Å².